The van der Waals surface area contributed by atoms with Gasteiger partial charge in [-0.25, -0.2) is 4.79 Å². The lowest BCUT2D eigenvalue weighted by Gasteiger charge is -2.30. The third-order valence-corrected chi connectivity index (χ3v) is 4.08. The molecule has 130 valence electrons. The smallest absolute Gasteiger partial charge is 0.323 e. The quantitative estimate of drug-likeness (QED) is 0.870. The molecule has 0 aliphatic carbocycles. The Balaban J connectivity index is 1.61. The van der Waals surface area contributed by atoms with Crippen LogP contribution in [0.5, 0.6) is 0 Å². The molecule has 0 bridgehead atoms. The van der Waals surface area contributed by atoms with Gasteiger partial charge in [0.15, 0.2) is 0 Å². The van der Waals surface area contributed by atoms with Crippen LogP contribution in [0.1, 0.15) is 5.56 Å². The average Bonchev–Trinajstić information content (AvgIpc) is 2.63. The molecular weight excluding hydrogens is 338 g/mol. The van der Waals surface area contributed by atoms with Gasteiger partial charge in [-0.3, -0.25) is 0 Å². The van der Waals surface area contributed by atoms with Gasteiger partial charge < -0.3 is 20.3 Å². The van der Waals surface area contributed by atoms with Gasteiger partial charge in [0, 0.05) is 24.3 Å². The Morgan fingerprint density at radius 2 is 1.92 bits per heavy atom. The highest BCUT2D eigenvalue weighted by Crippen LogP contribution is 2.26. The number of morpholine rings is 1. The zero-order valence-corrected chi connectivity index (χ0v) is 14.5. The summed E-state index contributed by atoms with van der Waals surface area (Å²) in [5.41, 5.74) is 2.69. The fraction of sp³-hybridized carbons (Fsp3) is 0.211. The first kappa shape index (κ1) is 17.3. The fourth-order valence-electron chi connectivity index (χ4n) is 2.64. The maximum Gasteiger partial charge on any atom is 0.323 e. The Bertz CT molecular complexity index is 758. The first-order chi connectivity index (χ1) is 12.2. The molecule has 2 aromatic rings. The Morgan fingerprint density at radius 1 is 1.12 bits per heavy atom. The SMILES string of the molecule is O=C(N/C=C/c1cccc(Cl)c1)Nc1ccccc1N1CCOCC1. The molecule has 2 aromatic carbocycles. The molecule has 1 saturated heterocycles. The fourth-order valence-corrected chi connectivity index (χ4v) is 2.84. The summed E-state index contributed by atoms with van der Waals surface area (Å²) in [4.78, 5) is 14.4. The summed E-state index contributed by atoms with van der Waals surface area (Å²) in [6.45, 7) is 3.02. The maximum atomic E-state index is 12.2. The molecule has 5 nitrogen and oxygen atoms in total. The number of nitrogens with zero attached hydrogens (tertiary/aromatic N) is 1. The van der Waals surface area contributed by atoms with Crippen LogP contribution in [0, 0.1) is 0 Å². The molecule has 6 heteroatoms. The van der Waals surface area contributed by atoms with Crippen molar-refractivity contribution in [1.29, 1.82) is 0 Å². The summed E-state index contributed by atoms with van der Waals surface area (Å²) in [5.74, 6) is 0. The summed E-state index contributed by atoms with van der Waals surface area (Å²) < 4.78 is 5.39. The number of benzene rings is 2. The van der Waals surface area contributed by atoms with E-state index in [2.05, 4.69) is 15.5 Å². The summed E-state index contributed by atoms with van der Waals surface area (Å²) >= 11 is 5.94. The number of hydrogen-bond donors (Lipinski definition) is 2. The summed E-state index contributed by atoms with van der Waals surface area (Å²) in [7, 11) is 0. The third-order valence-electron chi connectivity index (χ3n) is 3.84. The zero-order chi connectivity index (χ0) is 17.5. The Morgan fingerprint density at radius 3 is 2.72 bits per heavy atom. The monoisotopic (exact) mass is 357 g/mol. The van der Waals surface area contributed by atoms with Crippen LogP contribution in [0.2, 0.25) is 5.02 Å². The number of hydrogen-bond acceptors (Lipinski definition) is 3. The second kappa shape index (κ2) is 8.55. The molecule has 25 heavy (non-hydrogen) atoms. The number of amides is 2. The first-order valence-electron chi connectivity index (χ1n) is 8.14. The molecule has 1 fully saturated rings. The number of carbonyl (C=O) groups excluding carboxylic acids is 1. The highest BCUT2D eigenvalue weighted by atomic mass is 35.5. The van der Waals surface area contributed by atoms with E-state index >= 15 is 0 Å². The van der Waals surface area contributed by atoms with Gasteiger partial charge in [0.25, 0.3) is 0 Å². The lowest BCUT2D eigenvalue weighted by atomic mass is 10.2. The number of anilines is 2. The topological polar surface area (TPSA) is 53.6 Å². The van der Waals surface area contributed by atoms with E-state index in [4.69, 9.17) is 16.3 Å². The van der Waals surface area contributed by atoms with E-state index in [1.165, 1.54) is 0 Å². The second-order valence-electron chi connectivity index (χ2n) is 5.60. The minimum Gasteiger partial charge on any atom is -0.378 e. The number of rotatable bonds is 4. The first-order valence-corrected chi connectivity index (χ1v) is 8.51. The van der Waals surface area contributed by atoms with Crippen molar-refractivity contribution in [2.75, 3.05) is 36.5 Å². The van der Waals surface area contributed by atoms with Crippen LogP contribution >= 0.6 is 11.6 Å². The molecular formula is C19H20ClN3O2. The molecule has 0 spiro atoms. The van der Waals surface area contributed by atoms with Gasteiger partial charge in [0.05, 0.1) is 24.6 Å². The summed E-state index contributed by atoms with van der Waals surface area (Å²) in [5, 5.41) is 6.27. The van der Waals surface area contributed by atoms with E-state index in [0.29, 0.717) is 18.2 Å². The minimum atomic E-state index is -0.293. The molecule has 2 amide bonds. The van der Waals surface area contributed by atoms with Gasteiger partial charge >= 0.3 is 6.03 Å². The Hall–Kier alpha value is -2.50. The lowest BCUT2D eigenvalue weighted by molar-refractivity contribution is 0.123. The van der Waals surface area contributed by atoms with E-state index in [1.807, 2.05) is 48.5 Å². The molecule has 0 aromatic heterocycles. The van der Waals surface area contributed by atoms with Gasteiger partial charge in [0.1, 0.15) is 0 Å². The van der Waals surface area contributed by atoms with Crippen LogP contribution in [0.15, 0.2) is 54.7 Å². The number of ether oxygens (including phenoxy) is 1. The summed E-state index contributed by atoms with van der Waals surface area (Å²) in [6, 6.07) is 14.9. The Kier molecular flexibility index (Phi) is 5.93. The van der Waals surface area contributed by atoms with E-state index in [-0.39, 0.29) is 6.03 Å². The number of halogens is 1. The average molecular weight is 358 g/mol. The largest absolute Gasteiger partial charge is 0.378 e. The third kappa shape index (κ3) is 4.98. The molecule has 1 aliphatic rings. The number of nitrogens with one attached hydrogen (secondary N) is 2. The van der Waals surface area contributed by atoms with Crippen molar-refractivity contribution in [2.45, 2.75) is 0 Å². The molecule has 0 unspecified atom stereocenters. The van der Waals surface area contributed by atoms with Crippen molar-refractivity contribution in [3.63, 3.8) is 0 Å². The zero-order valence-electron chi connectivity index (χ0n) is 13.7. The van der Waals surface area contributed by atoms with E-state index in [9.17, 15) is 4.79 Å². The van der Waals surface area contributed by atoms with Gasteiger partial charge in [-0.2, -0.15) is 0 Å². The van der Waals surface area contributed by atoms with Crippen LogP contribution in [-0.2, 0) is 4.74 Å². The number of urea groups is 1. The van der Waals surface area contributed by atoms with E-state index < -0.39 is 0 Å². The van der Waals surface area contributed by atoms with E-state index in [0.717, 1.165) is 30.0 Å². The molecule has 1 heterocycles. The van der Waals surface area contributed by atoms with Crippen LogP contribution in [0.25, 0.3) is 6.08 Å². The van der Waals surface area contributed by atoms with Crippen molar-refractivity contribution in [3.05, 3.63) is 65.3 Å². The van der Waals surface area contributed by atoms with Gasteiger partial charge in [-0.15, -0.1) is 0 Å². The molecule has 2 N–H and O–H groups in total. The number of carbonyl (C=O) groups is 1. The molecule has 1 aliphatic heterocycles. The molecule has 3 rings (SSSR count). The Labute approximate surface area is 152 Å². The van der Waals surface area contributed by atoms with Crippen molar-refractivity contribution >= 4 is 35.1 Å². The predicted molar refractivity (Wildman–Crippen MR) is 102 cm³/mol. The molecule has 0 atom stereocenters. The standard InChI is InChI=1S/C19H20ClN3O2/c20-16-5-3-4-15(14-16)8-9-21-19(24)22-17-6-1-2-7-18(17)23-10-12-25-13-11-23/h1-9,14H,10-13H2,(H2,21,22,24)/b9-8+. The predicted octanol–water partition coefficient (Wildman–Crippen LogP) is 3.97. The van der Waals surface area contributed by atoms with Crippen molar-refractivity contribution < 1.29 is 9.53 Å². The van der Waals surface area contributed by atoms with Crippen molar-refractivity contribution in [3.8, 4) is 0 Å². The minimum absolute atomic E-state index is 0.293. The van der Waals surface area contributed by atoms with Crippen LogP contribution in [0.4, 0.5) is 16.2 Å². The van der Waals surface area contributed by atoms with Crippen LogP contribution in [0.3, 0.4) is 0 Å². The summed E-state index contributed by atoms with van der Waals surface area (Å²) in [6.07, 6.45) is 3.39. The highest BCUT2D eigenvalue weighted by molar-refractivity contribution is 6.30. The van der Waals surface area contributed by atoms with Crippen molar-refractivity contribution in [2.24, 2.45) is 0 Å². The molecule has 0 saturated carbocycles. The van der Waals surface area contributed by atoms with Gasteiger partial charge in [-0.1, -0.05) is 35.9 Å². The normalized spacial score (nSPS) is 14.5. The second-order valence-corrected chi connectivity index (χ2v) is 6.04. The van der Waals surface area contributed by atoms with Gasteiger partial charge in [0.2, 0.25) is 0 Å². The van der Waals surface area contributed by atoms with E-state index in [1.54, 1.807) is 12.3 Å². The lowest BCUT2D eigenvalue weighted by Crippen LogP contribution is -2.37. The maximum absolute atomic E-state index is 12.2. The van der Waals surface area contributed by atoms with Crippen molar-refractivity contribution in [1.82, 2.24) is 5.32 Å². The molecule has 0 radical (unpaired) electrons. The van der Waals surface area contributed by atoms with Crippen LogP contribution < -0.4 is 15.5 Å². The van der Waals surface area contributed by atoms with Gasteiger partial charge in [-0.05, 0) is 35.9 Å². The van der Waals surface area contributed by atoms with Crippen LogP contribution in [-0.4, -0.2) is 32.3 Å². The number of para-hydroxylation sites is 2. The highest BCUT2D eigenvalue weighted by Gasteiger charge is 2.15.